The zero-order chi connectivity index (χ0) is 14.8. The molecule has 1 saturated carbocycles. The van der Waals surface area contributed by atoms with Gasteiger partial charge in [-0.15, -0.1) is 0 Å². The molecule has 21 heavy (non-hydrogen) atoms. The summed E-state index contributed by atoms with van der Waals surface area (Å²) in [6.45, 7) is 3.25. The summed E-state index contributed by atoms with van der Waals surface area (Å²) >= 11 is 6.39. The first kappa shape index (κ1) is 14.7. The topological polar surface area (TPSA) is 58.4 Å². The molecule has 0 aromatic heterocycles. The summed E-state index contributed by atoms with van der Waals surface area (Å²) in [5, 5.41) is 4.10. The van der Waals surface area contributed by atoms with Gasteiger partial charge in [0.25, 0.3) is 0 Å². The van der Waals surface area contributed by atoms with Crippen LogP contribution in [0.4, 0.5) is 5.69 Å². The van der Waals surface area contributed by atoms with Crippen LogP contribution in [0.25, 0.3) is 0 Å². The van der Waals surface area contributed by atoms with Crippen molar-refractivity contribution in [1.82, 2.24) is 5.32 Å². The van der Waals surface area contributed by atoms with Crippen molar-refractivity contribution in [2.24, 2.45) is 11.7 Å². The first-order valence-electron chi connectivity index (χ1n) is 7.72. The molecule has 1 atom stereocenters. The predicted octanol–water partition coefficient (Wildman–Crippen LogP) is 2.41. The Balaban J connectivity index is 1.78. The highest BCUT2D eigenvalue weighted by molar-refractivity contribution is 6.33. The number of primary amides is 1. The van der Waals surface area contributed by atoms with E-state index in [0.717, 1.165) is 25.3 Å². The Hall–Kier alpha value is -1.26. The fraction of sp³-hybridized carbons (Fsp3) is 0.562. The summed E-state index contributed by atoms with van der Waals surface area (Å²) < 4.78 is 0. The van der Waals surface area contributed by atoms with Gasteiger partial charge in [0.15, 0.2) is 0 Å². The largest absolute Gasteiger partial charge is 0.367 e. The summed E-state index contributed by atoms with van der Waals surface area (Å²) in [6.07, 6.45) is 4.98. The minimum Gasteiger partial charge on any atom is -0.367 e. The number of nitrogens with two attached hydrogens (primary N) is 1. The van der Waals surface area contributed by atoms with Crippen LogP contribution < -0.4 is 16.0 Å². The van der Waals surface area contributed by atoms with E-state index >= 15 is 0 Å². The van der Waals surface area contributed by atoms with Gasteiger partial charge >= 0.3 is 0 Å². The number of amides is 1. The predicted molar refractivity (Wildman–Crippen MR) is 85.9 cm³/mol. The van der Waals surface area contributed by atoms with Gasteiger partial charge in [0.2, 0.25) is 5.91 Å². The van der Waals surface area contributed by atoms with Gasteiger partial charge in [0.1, 0.15) is 0 Å². The number of benzene rings is 1. The van der Waals surface area contributed by atoms with Crippen molar-refractivity contribution in [2.75, 3.05) is 24.5 Å². The van der Waals surface area contributed by atoms with Crippen LogP contribution in [-0.2, 0) is 0 Å². The molecule has 1 unspecified atom stereocenters. The first-order valence-corrected chi connectivity index (χ1v) is 8.09. The first-order chi connectivity index (χ1) is 10.1. The van der Waals surface area contributed by atoms with Crippen LogP contribution in [0.5, 0.6) is 0 Å². The average Bonchev–Trinajstić information content (AvgIpc) is 3.31. The number of nitrogens with zero attached hydrogens (tertiary/aromatic N) is 1. The molecule has 1 aliphatic heterocycles. The van der Waals surface area contributed by atoms with Crippen molar-refractivity contribution in [2.45, 2.75) is 31.7 Å². The molecule has 4 nitrogen and oxygen atoms in total. The molecule has 1 aromatic carbocycles. The lowest BCUT2D eigenvalue weighted by atomic mass is 9.98. The quantitative estimate of drug-likeness (QED) is 0.878. The second-order valence-corrected chi connectivity index (χ2v) is 6.53. The maximum absolute atomic E-state index is 11.2. The second-order valence-electron chi connectivity index (χ2n) is 6.13. The molecular formula is C16H22ClN3O. The molecule has 1 heterocycles. The van der Waals surface area contributed by atoms with Crippen LogP contribution in [0.3, 0.4) is 0 Å². The van der Waals surface area contributed by atoms with Gasteiger partial charge in [-0.1, -0.05) is 11.6 Å². The lowest BCUT2D eigenvalue weighted by Gasteiger charge is -2.32. The SMILES string of the molecule is NC(=O)c1ccc(N(CC2CCCNC2)C2CC2)c(Cl)c1. The van der Waals surface area contributed by atoms with Crippen LogP contribution in [0, 0.1) is 5.92 Å². The number of nitrogens with one attached hydrogen (secondary N) is 1. The maximum Gasteiger partial charge on any atom is 0.248 e. The Morgan fingerprint density at radius 3 is 2.76 bits per heavy atom. The van der Waals surface area contributed by atoms with Crippen LogP contribution in [0.2, 0.25) is 5.02 Å². The molecule has 3 N–H and O–H groups in total. The molecule has 5 heteroatoms. The number of carbonyl (C=O) groups excluding carboxylic acids is 1. The number of hydrogen-bond acceptors (Lipinski definition) is 3. The zero-order valence-electron chi connectivity index (χ0n) is 12.1. The molecule has 1 saturated heterocycles. The van der Waals surface area contributed by atoms with Gasteiger partial charge in [-0.25, -0.2) is 0 Å². The van der Waals surface area contributed by atoms with Crippen LogP contribution >= 0.6 is 11.6 Å². The van der Waals surface area contributed by atoms with Crippen LogP contribution in [-0.4, -0.2) is 31.6 Å². The smallest absolute Gasteiger partial charge is 0.248 e. The van der Waals surface area contributed by atoms with E-state index in [1.54, 1.807) is 12.1 Å². The van der Waals surface area contributed by atoms with Crippen molar-refractivity contribution in [1.29, 1.82) is 0 Å². The summed E-state index contributed by atoms with van der Waals surface area (Å²) in [5.74, 6) is 0.240. The van der Waals surface area contributed by atoms with Crippen LogP contribution in [0.1, 0.15) is 36.0 Å². The summed E-state index contributed by atoms with van der Waals surface area (Å²) in [4.78, 5) is 13.7. The van der Waals surface area contributed by atoms with E-state index < -0.39 is 5.91 Å². The molecule has 114 valence electrons. The van der Waals surface area contributed by atoms with E-state index in [9.17, 15) is 4.79 Å². The Morgan fingerprint density at radius 1 is 1.38 bits per heavy atom. The van der Waals surface area contributed by atoms with Gasteiger partial charge in [-0.3, -0.25) is 4.79 Å². The van der Waals surface area contributed by atoms with E-state index in [1.807, 2.05) is 6.07 Å². The summed E-state index contributed by atoms with van der Waals surface area (Å²) in [5.41, 5.74) is 6.82. The van der Waals surface area contributed by atoms with Gasteiger partial charge < -0.3 is 16.0 Å². The minimum atomic E-state index is -0.432. The Morgan fingerprint density at radius 2 is 2.19 bits per heavy atom. The number of carbonyl (C=O) groups is 1. The third kappa shape index (κ3) is 3.50. The van der Waals surface area contributed by atoms with Crippen molar-refractivity contribution in [3.8, 4) is 0 Å². The monoisotopic (exact) mass is 307 g/mol. The van der Waals surface area contributed by atoms with E-state index in [4.69, 9.17) is 17.3 Å². The average molecular weight is 308 g/mol. The summed E-state index contributed by atoms with van der Waals surface area (Å²) in [7, 11) is 0. The Bertz CT molecular complexity index is 524. The molecular weight excluding hydrogens is 286 g/mol. The molecule has 1 amide bonds. The van der Waals surface area contributed by atoms with Gasteiger partial charge in [0.05, 0.1) is 10.7 Å². The minimum absolute atomic E-state index is 0.432. The van der Waals surface area contributed by atoms with Crippen LogP contribution in [0.15, 0.2) is 18.2 Å². The number of halogens is 1. The standard InChI is InChI=1S/C16H22ClN3O/c17-14-8-12(16(18)21)3-6-15(14)20(13-4-5-13)10-11-2-1-7-19-9-11/h3,6,8,11,13,19H,1-2,4-5,7,9-10H2,(H2,18,21). The molecule has 1 aromatic rings. The lowest BCUT2D eigenvalue weighted by molar-refractivity contribution is 0.100. The molecule has 1 aliphatic carbocycles. The molecule has 3 rings (SSSR count). The fourth-order valence-corrected chi connectivity index (χ4v) is 3.37. The van der Waals surface area contributed by atoms with Crippen molar-refractivity contribution < 1.29 is 4.79 Å². The Labute approximate surface area is 130 Å². The third-order valence-electron chi connectivity index (χ3n) is 4.38. The van der Waals surface area contributed by atoms with E-state index in [0.29, 0.717) is 22.5 Å². The number of anilines is 1. The molecule has 2 fully saturated rings. The zero-order valence-corrected chi connectivity index (χ0v) is 12.9. The van der Waals surface area contributed by atoms with Crippen molar-refractivity contribution in [3.05, 3.63) is 28.8 Å². The molecule has 0 radical (unpaired) electrons. The highest BCUT2D eigenvalue weighted by Gasteiger charge is 2.32. The third-order valence-corrected chi connectivity index (χ3v) is 4.69. The van der Waals surface area contributed by atoms with E-state index in [1.165, 1.54) is 25.7 Å². The number of piperidine rings is 1. The van der Waals surface area contributed by atoms with Gasteiger partial charge in [-0.05, 0) is 62.9 Å². The van der Waals surface area contributed by atoms with E-state index in [2.05, 4.69) is 10.2 Å². The molecule has 2 aliphatic rings. The lowest BCUT2D eigenvalue weighted by Crippen LogP contribution is -2.39. The van der Waals surface area contributed by atoms with E-state index in [-0.39, 0.29) is 0 Å². The van der Waals surface area contributed by atoms with Crippen molar-refractivity contribution >= 4 is 23.2 Å². The molecule has 0 spiro atoms. The fourth-order valence-electron chi connectivity index (χ4n) is 3.08. The van der Waals surface area contributed by atoms with Gasteiger partial charge in [-0.2, -0.15) is 0 Å². The summed E-state index contributed by atoms with van der Waals surface area (Å²) in [6, 6.07) is 6.01. The molecule has 0 bridgehead atoms. The number of rotatable bonds is 5. The number of hydrogen-bond donors (Lipinski definition) is 2. The highest BCUT2D eigenvalue weighted by atomic mass is 35.5. The van der Waals surface area contributed by atoms with Crippen molar-refractivity contribution in [3.63, 3.8) is 0 Å². The maximum atomic E-state index is 11.2. The van der Waals surface area contributed by atoms with Gasteiger partial charge in [0, 0.05) is 18.2 Å². The normalized spacial score (nSPS) is 22.0. The Kier molecular flexibility index (Phi) is 4.36. The second kappa shape index (κ2) is 6.24. The highest BCUT2D eigenvalue weighted by Crippen LogP contribution is 2.37.